The summed E-state index contributed by atoms with van der Waals surface area (Å²) in [5.74, 6) is -0.298. The van der Waals surface area contributed by atoms with E-state index in [1.54, 1.807) is 36.5 Å². The normalized spacial score (nSPS) is 16.4. The van der Waals surface area contributed by atoms with E-state index in [-0.39, 0.29) is 10.7 Å². The first kappa shape index (κ1) is 16.3. The highest BCUT2D eigenvalue weighted by Crippen LogP contribution is 2.30. The molecule has 4 rings (SSSR count). The summed E-state index contributed by atoms with van der Waals surface area (Å²) in [6, 6.07) is 11.4. The summed E-state index contributed by atoms with van der Waals surface area (Å²) >= 11 is 0. The van der Waals surface area contributed by atoms with Gasteiger partial charge in [0.15, 0.2) is 0 Å². The molecule has 0 amide bonds. The molecule has 130 valence electrons. The van der Waals surface area contributed by atoms with Gasteiger partial charge in [0.25, 0.3) is 0 Å². The zero-order valence-electron chi connectivity index (χ0n) is 13.4. The fourth-order valence-electron chi connectivity index (χ4n) is 3.08. The third-order valence-corrected chi connectivity index (χ3v) is 6.33. The maximum absolute atomic E-state index is 13.3. The van der Waals surface area contributed by atoms with Crippen LogP contribution >= 0.6 is 0 Å². The number of benzene rings is 2. The van der Waals surface area contributed by atoms with Crippen molar-refractivity contribution in [1.82, 2.24) is 9.29 Å². The molecule has 3 aromatic rings. The number of rotatable bonds is 3. The minimum Gasteiger partial charge on any atom is -0.379 e. The first-order valence-electron chi connectivity index (χ1n) is 8.01. The number of halogens is 1. The maximum atomic E-state index is 13.3. The van der Waals surface area contributed by atoms with Crippen LogP contribution in [0.4, 0.5) is 4.39 Å². The number of hydrogen-bond acceptors (Lipinski definition) is 3. The fourth-order valence-corrected chi connectivity index (χ4v) is 4.49. The summed E-state index contributed by atoms with van der Waals surface area (Å²) in [6.07, 6.45) is 1.80. The van der Waals surface area contributed by atoms with Gasteiger partial charge >= 0.3 is 0 Å². The largest absolute Gasteiger partial charge is 0.379 e. The minimum atomic E-state index is -3.50. The summed E-state index contributed by atoms with van der Waals surface area (Å²) in [7, 11) is -3.50. The van der Waals surface area contributed by atoms with Gasteiger partial charge in [-0.05, 0) is 35.9 Å². The van der Waals surface area contributed by atoms with Gasteiger partial charge in [-0.2, -0.15) is 4.31 Å². The number of ether oxygens (including phenoxy) is 1. The second kappa shape index (κ2) is 6.25. The lowest BCUT2D eigenvalue weighted by Crippen LogP contribution is -2.40. The Balaban J connectivity index is 1.67. The second-order valence-electron chi connectivity index (χ2n) is 5.93. The van der Waals surface area contributed by atoms with Crippen molar-refractivity contribution in [2.75, 3.05) is 26.3 Å². The lowest BCUT2D eigenvalue weighted by molar-refractivity contribution is 0.0730. The Morgan fingerprint density at radius 3 is 2.48 bits per heavy atom. The summed E-state index contributed by atoms with van der Waals surface area (Å²) in [5.41, 5.74) is 2.49. The molecule has 25 heavy (non-hydrogen) atoms. The molecule has 2 aromatic carbocycles. The van der Waals surface area contributed by atoms with E-state index in [0.29, 0.717) is 31.8 Å². The number of aromatic amines is 1. The zero-order valence-corrected chi connectivity index (χ0v) is 14.2. The molecule has 0 spiro atoms. The van der Waals surface area contributed by atoms with Crippen LogP contribution < -0.4 is 0 Å². The summed E-state index contributed by atoms with van der Waals surface area (Å²) in [6.45, 7) is 1.59. The average Bonchev–Trinajstić information content (AvgIpc) is 3.05. The van der Waals surface area contributed by atoms with Crippen LogP contribution in [0.25, 0.3) is 22.0 Å². The van der Waals surface area contributed by atoms with Crippen molar-refractivity contribution in [3.05, 3.63) is 54.5 Å². The van der Waals surface area contributed by atoms with Crippen LogP contribution in [-0.2, 0) is 14.8 Å². The highest BCUT2D eigenvalue weighted by Gasteiger charge is 2.26. The van der Waals surface area contributed by atoms with Crippen LogP contribution in [0.15, 0.2) is 53.6 Å². The Bertz CT molecular complexity index is 1010. The van der Waals surface area contributed by atoms with Gasteiger partial charge in [-0.1, -0.05) is 12.1 Å². The predicted molar refractivity (Wildman–Crippen MR) is 93.3 cm³/mol. The number of morpholine rings is 1. The third kappa shape index (κ3) is 2.95. The standard InChI is InChI=1S/C18H17FN2O3S/c19-14-3-6-16-17(12-20-18(16)11-14)13-1-4-15(5-2-13)25(22,23)21-7-9-24-10-8-21/h1-6,11-12,20H,7-10H2. The number of nitrogens with zero attached hydrogens (tertiary/aromatic N) is 1. The van der Waals surface area contributed by atoms with E-state index in [9.17, 15) is 12.8 Å². The number of sulfonamides is 1. The molecule has 1 saturated heterocycles. The number of aromatic nitrogens is 1. The van der Waals surface area contributed by atoms with E-state index in [1.165, 1.54) is 16.4 Å². The quantitative estimate of drug-likeness (QED) is 0.781. The first-order chi connectivity index (χ1) is 12.1. The molecular weight excluding hydrogens is 343 g/mol. The fraction of sp³-hybridized carbons (Fsp3) is 0.222. The van der Waals surface area contributed by atoms with E-state index >= 15 is 0 Å². The van der Waals surface area contributed by atoms with Gasteiger partial charge < -0.3 is 9.72 Å². The molecule has 0 unspecified atom stereocenters. The molecule has 0 atom stereocenters. The van der Waals surface area contributed by atoms with Crippen LogP contribution in [-0.4, -0.2) is 44.0 Å². The Hall–Kier alpha value is -2.22. The molecule has 2 heterocycles. The van der Waals surface area contributed by atoms with Gasteiger partial charge in [0.1, 0.15) is 5.82 Å². The number of hydrogen-bond donors (Lipinski definition) is 1. The summed E-state index contributed by atoms with van der Waals surface area (Å²) in [5, 5.41) is 0.894. The molecule has 0 aliphatic carbocycles. The van der Waals surface area contributed by atoms with Crippen molar-refractivity contribution in [3.63, 3.8) is 0 Å². The van der Waals surface area contributed by atoms with Gasteiger partial charge in [0, 0.05) is 35.8 Å². The molecule has 1 fully saturated rings. The number of H-pyrrole nitrogens is 1. The second-order valence-corrected chi connectivity index (χ2v) is 7.87. The van der Waals surface area contributed by atoms with Crippen LogP contribution in [0.3, 0.4) is 0 Å². The van der Waals surface area contributed by atoms with Crippen LogP contribution in [0.5, 0.6) is 0 Å². The molecule has 0 bridgehead atoms. The SMILES string of the molecule is O=S(=O)(c1ccc(-c2c[nH]c3cc(F)ccc23)cc1)N1CCOCC1. The maximum Gasteiger partial charge on any atom is 0.243 e. The highest BCUT2D eigenvalue weighted by atomic mass is 32.2. The van der Waals surface area contributed by atoms with E-state index in [0.717, 1.165) is 16.5 Å². The molecule has 0 saturated carbocycles. The molecule has 0 radical (unpaired) electrons. The van der Waals surface area contributed by atoms with Gasteiger partial charge in [0.2, 0.25) is 10.0 Å². The van der Waals surface area contributed by atoms with E-state index in [4.69, 9.17) is 4.74 Å². The number of fused-ring (bicyclic) bond motifs is 1. The first-order valence-corrected chi connectivity index (χ1v) is 9.45. The molecule has 1 N–H and O–H groups in total. The van der Waals surface area contributed by atoms with Crippen molar-refractivity contribution < 1.29 is 17.5 Å². The Morgan fingerprint density at radius 1 is 1.04 bits per heavy atom. The third-order valence-electron chi connectivity index (χ3n) is 4.42. The predicted octanol–water partition coefficient (Wildman–Crippen LogP) is 2.99. The van der Waals surface area contributed by atoms with Crippen molar-refractivity contribution in [1.29, 1.82) is 0 Å². The van der Waals surface area contributed by atoms with Crippen molar-refractivity contribution in [3.8, 4) is 11.1 Å². The smallest absolute Gasteiger partial charge is 0.243 e. The topological polar surface area (TPSA) is 62.4 Å². The van der Waals surface area contributed by atoms with Crippen molar-refractivity contribution in [2.45, 2.75) is 4.90 Å². The van der Waals surface area contributed by atoms with Crippen LogP contribution in [0.1, 0.15) is 0 Å². The van der Waals surface area contributed by atoms with Gasteiger partial charge in [-0.15, -0.1) is 0 Å². The summed E-state index contributed by atoms with van der Waals surface area (Å²) in [4.78, 5) is 3.31. The van der Waals surface area contributed by atoms with E-state index in [1.807, 2.05) is 0 Å². The summed E-state index contributed by atoms with van der Waals surface area (Å²) < 4.78 is 45.3. The van der Waals surface area contributed by atoms with Crippen LogP contribution in [0, 0.1) is 5.82 Å². The monoisotopic (exact) mass is 360 g/mol. The van der Waals surface area contributed by atoms with Gasteiger partial charge in [0.05, 0.1) is 18.1 Å². The highest BCUT2D eigenvalue weighted by molar-refractivity contribution is 7.89. The lowest BCUT2D eigenvalue weighted by atomic mass is 10.1. The number of nitrogens with one attached hydrogen (secondary N) is 1. The Kier molecular flexibility index (Phi) is 4.07. The van der Waals surface area contributed by atoms with Crippen LogP contribution in [0.2, 0.25) is 0 Å². The zero-order chi connectivity index (χ0) is 17.4. The lowest BCUT2D eigenvalue weighted by Gasteiger charge is -2.26. The van der Waals surface area contributed by atoms with Crippen molar-refractivity contribution in [2.24, 2.45) is 0 Å². The minimum absolute atomic E-state index is 0.268. The van der Waals surface area contributed by atoms with E-state index in [2.05, 4.69) is 4.98 Å². The molecule has 1 aliphatic heterocycles. The molecule has 1 aliphatic rings. The molecule has 5 nitrogen and oxygen atoms in total. The molecular formula is C18H17FN2O3S. The Labute approximate surface area is 145 Å². The van der Waals surface area contributed by atoms with Gasteiger partial charge in [-0.25, -0.2) is 12.8 Å². The van der Waals surface area contributed by atoms with Gasteiger partial charge in [-0.3, -0.25) is 0 Å². The molecule has 1 aromatic heterocycles. The Morgan fingerprint density at radius 2 is 1.76 bits per heavy atom. The molecule has 7 heteroatoms. The average molecular weight is 360 g/mol. The van der Waals surface area contributed by atoms with Crippen molar-refractivity contribution >= 4 is 20.9 Å². The van der Waals surface area contributed by atoms with E-state index < -0.39 is 10.0 Å².